The fourth-order valence-electron chi connectivity index (χ4n) is 1.77. The largest absolute Gasteiger partial charge is 0.436 e. The molecule has 92 valence electrons. The molecule has 0 aliphatic heterocycles. The molecule has 0 saturated carbocycles. The number of hydrogen-bond acceptors (Lipinski definition) is 4. The number of anilines is 1. The minimum Gasteiger partial charge on any atom is -0.436 e. The van der Waals surface area contributed by atoms with Gasteiger partial charge >= 0.3 is 0 Å². The Hall–Kier alpha value is -2.51. The Kier molecular flexibility index (Phi) is 2.62. The van der Waals surface area contributed by atoms with Crippen molar-refractivity contribution in [3.05, 3.63) is 47.0 Å². The maximum absolute atomic E-state index is 8.76. The summed E-state index contributed by atoms with van der Waals surface area (Å²) in [6, 6.07) is 12.4. The molecule has 0 radical (unpaired) electrons. The zero-order chi connectivity index (χ0) is 13.4. The fourth-order valence-corrected chi connectivity index (χ4v) is 1.93. The Labute approximate surface area is 114 Å². The molecule has 1 heterocycles. The standard InChI is InChI=1S/C14H8ClN3O/c15-10-5-12-13(6-11(10)17)19-14(18-12)9-3-1-8(7-16)2-4-9/h1-6H,17H2. The van der Waals surface area contributed by atoms with Gasteiger partial charge in [0.2, 0.25) is 5.89 Å². The molecule has 0 bridgehead atoms. The van der Waals surface area contributed by atoms with Crippen LogP contribution in [0.3, 0.4) is 0 Å². The summed E-state index contributed by atoms with van der Waals surface area (Å²) in [5.41, 5.74) is 8.79. The predicted molar refractivity (Wildman–Crippen MR) is 73.6 cm³/mol. The van der Waals surface area contributed by atoms with Crippen LogP contribution in [0.1, 0.15) is 5.56 Å². The molecule has 0 unspecified atom stereocenters. The van der Waals surface area contributed by atoms with E-state index in [1.807, 2.05) is 0 Å². The number of benzene rings is 2. The molecule has 2 aromatic carbocycles. The van der Waals surface area contributed by atoms with Crippen LogP contribution in [-0.2, 0) is 0 Å². The average molecular weight is 270 g/mol. The van der Waals surface area contributed by atoms with Crippen molar-refractivity contribution in [2.24, 2.45) is 0 Å². The number of oxazole rings is 1. The van der Waals surface area contributed by atoms with E-state index >= 15 is 0 Å². The summed E-state index contributed by atoms with van der Waals surface area (Å²) >= 11 is 5.94. The van der Waals surface area contributed by atoms with Gasteiger partial charge in [0, 0.05) is 11.6 Å². The number of fused-ring (bicyclic) bond motifs is 1. The van der Waals surface area contributed by atoms with Crippen molar-refractivity contribution in [2.45, 2.75) is 0 Å². The molecule has 2 N–H and O–H groups in total. The second-order valence-electron chi connectivity index (χ2n) is 4.05. The van der Waals surface area contributed by atoms with Gasteiger partial charge in [0.15, 0.2) is 5.58 Å². The van der Waals surface area contributed by atoms with E-state index in [4.69, 9.17) is 27.0 Å². The van der Waals surface area contributed by atoms with Crippen LogP contribution in [0.2, 0.25) is 5.02 Å². The summed E-state index contributed by atoms with van der Waals surface area (Å²) in [5.74, 6) is 0.473. The molecule has 19 heavy (non-hydrogen) atoms. The maximum Gasteiger partial charge on any atom is 0.227 e. The molecular weight excluding hydrogens is 262 g/mol. The van der Waals surface area contributed by atoms with Gasteiger partial charge in [-0.1, -0.05) is 11.6 Å². The third kappa shape index (κ3) is 2.01. The van der Waals surface area contributed by atoms with E-state index in [0.29, 0.717) is 33.3 Å². The Morgan fingerprint density at radius 2 is 1.95 bits per heavy atom. The van der Waals surface area contributed by atoms with E-state index in [-0.39, 0.29) is 0 Å². The number of nitrogen functional groups attached to an aromatic ring is 1. The van der Waals surface area contributed by atoms with Crippen LogP contribution < -0.4 is 5.73 Å². The van der Waals surface area contributed by atoms with Crippen molar-refractivity contribution in [1.82, 2.24) is 4.98 Å². The Balaban J connectivity index is 2.12. The molecule has 3 aromatic rings. The van der Waals surface area contributed by atoms with Crippen molar-refractivity contribution in [3.63, 3.8) is 0 Å². The van der Waals surface area contributed by atoms with Gasteiger partial charge in [0.1, 0.15) is 5.52 Å². The average Bonchev–Trinajstić information content (AvgIpc) is 2.82. The maximum atomic E-state index is 8.76. The Morgan fingerprint density at radius 1 is 1.21 bits per heavy atom. The first-order valence-corrected chi connectivity index (χ1v) is 5.91. The predicted octanol–water partition coefficient (Wildman–Crippen LogP) is 3.60. The molecule has 0 saturated heterocycles. The summed E-state index contributed by atoms with van der Waals surface area (Å²) < 4.78 is 5.63. The number of nitriles is 1. The molecule has 1 aromatic heterocycles. The second-order valence-corrected chi connectivity index (χ2v) is 4.46. The summed E-state index contributed by atoms with van der Waals surface area (Å²) in [7, 11) is 0. The van der Waals surface area contributed by atoms with E-state index in [0.717, 1.165) is 5.56 Å². The first-order chi connectivity index (χ1) is 9.17. The zero-order valence-electron chi connectivity index (χ0n) is 9.72. The summed E-state index contributed by atoms with van der Waals surface area (Å²) in [6.45, 7) is 0. The third-order valence-electron chi connectivity index (χ3n) is 2.77. The first-order valence-electron chi connectivity index (χ1n) is 5.53. The van der Waals surface area contributed by atoms with Crippen LogP contribution in [-0.4, -0.2) is 4.98 Å². The lowest BCUT2D eigenvalue weighted by Gasteiger charge is -1.94. The Morgan fingerprint density at radius 3 is 2.63 bits per heavy atom. The molecular formula is C14H8ClN3O. The number of hydrogen-bond donors (Lipinski definition) is 1. The van der Waals surface area contributed by atoms with Crippen molar-refractivity contribution >= 4 is 28.4 Å². The number of rotatable bonds is 1. The van der Waals surface area contributed by atoms with Gasteiger partial charge in [-0.25, -0.2) is 4.98 Å². The smallest absolute Gasteiger partial charge is 0.227 e. The SMILES string of the molecule is N#Cc1ccc(-c2nc3cc(Cl)c(N)cc3o2)cc1. The summed E-state index contributed by atoms with van der Waals surface area (Å²) in [6.07, 6.45) is 0. The molecule has 0 fully saturated rings. The highest BCUT2D eigenvalue weighted by molar-refractivity contribution is 6.33. The van der Waals surface area contributed by atoms with E-state index < -0.39 is 0 Å². The van der Waals surface area contributed by atoms with Crippen LogP contribution >= 0.6 is 11.6 Å². The minimum absolute atomic E-state index is 0.451. The molecule has 0 spiro atoms. The van der Waals surface area contributed by atoms with Crippen molar-refractivity contribution in [2.75, 3.05) is 5.73 Å². The minimum atomic E-state index is 0.451. The van der Waals surface area contributed by atoms with Crippen LogP contribution in [0.25, 0.3) is 22.6 Å². The van der Waals surface area contributed by atoms with Gasteiger partial charge in [-0.05, 0) is 30.3 Å². The van der Waals surface area contributed by atoms with Gasteiger partial charge in [-0.3, -0.25) is 0 Å². The van der Waals surface area contributed by atoms with E-state index in [2.05, 4.69) is 11.1 Å². The van der Waals surface area contributed by atoms with Gasteiger partial charge < -0.3 is 10.2 Å². The lowest BCUT2D eigenvalue weighted by atomic mass is 10.1. The highest BCUT2D eigenvalue weighted by atomic mass is 35.5. The fraction of sp³-hybridized carbons (Fsp3) is 0. The van der Waals surface area contributed by atoms with Crippen LogP contribution in [0.4, 0.5) is 5.69 Å². The van der Waals surface area contributed by atoms with E-state index in [9.17, 15) is 0 Å². The normalized spacial score (nSPS) is 10.5. The van der Waals surface area contributed by atoms with Gasteiger partial charge in [-0.2, -0.15) is 5.26 Å². The third-order valence-corrected chi connectivity index (χ3v) is 3.10. The number of halogens is 1. The van der Waals surface area contributed by atoms with E-state index in [1.165, 1.54) is 0 Å². The molecule has 0 amide bonds. The lowest BCUT2D eigenvalue weighted by molar-refractivity contribution is 0.620. The highest BCUT2D eigenvalue weighted by Gasteiger charge is 2.10. The lowest BCUT2D eigenvalue weighted by Crippen LogP contribution is -1.84. The van der Waals surface area contributed by atoms with Gasteiger partial charge in [0.05, 0.1) is 22.3 Å². The molecule has 0 aliphatic carbocycles. The molecule has 5 heteroatoms. The topological polar surface area (TPSA) is 75.8 Å². The van der Waals surface area contributed by atoms with Crippen LogP contribution in [0, 0.1) is 11.3 Å². The quantitative estimate of drug-likeness (QED) is 0.685. The molecule has 4 nitrogen and oxygen atoms in total. The van der Waals surface area contributed by atoms with E-state index in [1.54, 1.807) is 36.4 Å². The Bertz CT molecular complexity index is 761. The summed E-state index contributed by atoms with van der Waals surface area (Å²) in [5, 5.41) is 9.21. The van der Waals surface area contributed by atoms with Crippen molar-refractivity contribution in [3.8, 4) is 17.5 Å². The van der Waals surface area contributed by atoms with Crippen molar-refractivity contribution in [1.29, 1.82) is 5.26 Å². The monoisotopic (exact) mass is 269 g/mol. The number of nitrogens with two attached hydrogens (primary N) is 1. The van der Waals surface area contributed by atoms with Crippen LogP contribution in [0.15, 0.2) is 40.8 Å². The molecule has 0 atom stereocenters. The zero-order valence-corrected chi connectivity index (χ0v) is 10.5. The first kappa shape index (κ1) is 11.6. The van der Waals surface area contributed by atoms with Crippen LogP contribution in [0.5, 0.6) is 0 Å². The number of aromatic nitrogens is 1. The number of nitrogens with zero attached hydrogens (tertiary/aromatic N) is 2. The second kappa shape index (κ2) is 4.30. The molecule has 0 aliphatic rings. The highest BCUT2D eigenvalue weighted by Crippen LogP contribution is 2.29. The van der Waals surface area contributed by atoms with Gasteiger partial charge in [0.25, 0.3) is 0 Å². The summed E-state index contributed by atoms with van der Waals surface area (Å²) in [4.78, 5) is 4.35. The van der Waals surface area contributed by atoms with Crippen molar-refractivity contribution < 1.29 is 4.42 Å². The molecule has 3 rings (SSSR count). The van der Waals surface area contributed by atoms with Gasteiger partial charge in [-0.15, -0.1) is 0 Å².